The van der Waals surface area contributed by atoms with E-state index in [4.69, 9.17) is 4.74 Å². The smallest absolute Gasteiger partial charge is 0.248 e. The van der Waals surface area contributed by atoms with E-state index in [1.165, 1.54) is 0 Å². The molecule has 26 heavy (non-hydrogen) atoms. The van der Waals surface area contributed by atoms with Crippen molar-refractivity contribution in [3.05, 3.63) is 54.1 Å². The van der Waals surface area contributed by atoms with Crippen molar-refractivity contribution in [1.29, 1.82) is 0 Å². The zero-order chi connectivity index (χ0) is 18.9. The molecule has 1 aliphatic heterocycles. The molecule has 1 heterocycles. The highest BCUT2D eigenvalue weighted by Crippen LogP contribution is 2.32. The lowest BCUT2D eigenvalue weighted by molar-refractivity contribution is -0.117. The van der Waals surface area contributed by atoms with Crippen LogP contribution in [0.2, 0.25) is 0 Å². The molecule has 3 rings (SSSR count). The molecule has 0 saturated heterocycles. The van der Waals surface area contributed by atoms with Crippen LogP contribution in [0.1, 0.15) is 12.5 Å². The summed E-state index contributed by atoms with van der Waals surface area (Å²) in [5.41, 5.74) is 2.39. The Kier molecular flexibility index (Phi) is 4.91. The highest BCUT2D eigenvalue weighted by molar-refractivity contribution is 7.92. The molecule has 1 aliphatic rings. The third-order valence-electron chi connectivity index (χ3n) is 4.52. The van der Waals surface area contributed by atoms with Crippen molar-refractivity contribution >= 4 is 27.3 Å². The first-order valence-electron chi connectivity index (χ1n) is 8.33. The van der Waals surface area contributed by atoms with E-state index in [1.54, 1.807) is 36.3 Å². The number of fused-ring (bicyclic) bond motifs is 1. The number of sulfonamides is 1. The summed E-state index contributed by atoms with van der Waals surface area (Å²) in [4.78, 5) is 14.7. The number of carbonyl (C=O) groups excluding carboxylic acids is 1. The summed E-state index contributed by atoms with van der Waals surface area (Å²) in [6.07, 6.45) is 1.87. The molecule has 1 amide bonds. The number of anilines is 2. The predicted molar refractivity (Wildman–Crippen MR) is 102 cm³/mol. The van der Waals surface area contributed by atoms with Crippen LogP contribution in [-0.2, 0) is 21.2 Å². The van der Waals surface area contributed by atoms with Crippen LogP contribution in [0.4, 0.5) is 11.4 Å². The van der Waals surface area contributed by atoms with Crippen molar-refractivity contribution in [2.75, 3.05) is 29.1 Å². The Morgan fingerprint density at radius 2 is 1.85 bits per heavy atom. The molecule has 1 atom stereocenters. The molecule has 7 heteroatoms. The fraction of sp³-hybridized carbons (Fsp3) is 0.316. The van der Waals surface area contributed by atoms with Gasteiger partial charge < -0.3 is 9.64 Å². The Balaban J connectivity index is 1.89. The number of hydrogen-bond donors (Lipinski definition) is 0. The number of amides is 1. The summed E-state index contributed by atoms with van der Waals surface area (Å²) in [6, 6.07) is 14.3. The van der Waals surface area contributed by atoms with E-state index in [-0.39, 0.29) is 18.5 Å². The fourth-order valence-electron chi connectivity index (χ4n) is 3.29. The van der Waals surface area contributed by atoms with Gasteiger partial charge in [-0.1, -0.05) is 18.2 Å². The van der Waals surface area contributed by atoms with Gasteiger partial charge in [-0.3, -0.25) is 9.10 Å². The van der Waals surface area contributed by atoms with Crippen molar-refractivity contribution in [3.63, 3.8) is 0 Å². The third kappa shape index (κ3) is 3.53. The Bertz CT molecular complexity index is 909. The zero-order valence-corrected chi connectivity index (χ0v) is 15.9. The van der Waals surface area contributed by atoms with Crippen LogP contribution in [0.15, 0.2) is 48.5 Å². The number of ether oxygens (including phenoxy) is 1. The Morgan fingerprint density at radius 3 is 2.46 bits per heavy atom. The van der Waals surface area contributed by atoms with Crippen LogP contribution < -0.4 is 13.9 Å². The molecule has 138 valence electrons. The average molecular weight is 374 g/mol. The topological polar surface area (TPSA) is 66.9 Å². The first-order valence-corrected chi connectivity index (χ1v) is 10.2. The second-order valence-electron chi connectivity index (χ2n) is 6.41. The van der Waals surface area contributed by atoms with Gasteiger partial charge in [-0.05, 0) is 49.2 Å². The van der Waals surface area contributed by atoms with E-state index in [2.05, 4.69) is 0 Å². The summed E-state index contributed by atoms with van der Waals surface area (Å²) >= 11 is 0. The molecular formula is C19H22N2O4S. The van der Waals surface area contributed by atoms with Gasteiger partial charge in [0, 0.05) is 11.7 Å². The number of rotatable bonds is 5. The van der Waals surface area contributed by atoms with Gasteiger partial charge in [-0.2, -0.15) is 0 Å². The Hall–Kier alpha value is -2.54. The zero-order valence-electron chi connectivity index (χ0n) is 15.0. The van der Waals surface area contributed by atoms with Crippen molar-refractivity contribution in [1.82, 2.24) is 0 Å². The third-order valence-corrected chi connectivity index (χ3v) is 5.66. The maximum absolute atomic E-state index is 13.0. The second kappa shape index (κ2) is 6.99. The molecular weight excluding hydrogens is 352 g/mol. The number of nitrogens with zero attached hydrogens (tertiary/aromatic N) is 2. The van der Waals surface area contributed by atoms with Gasteiger partial charge in [0.15, 0.2) is 0 Å². The number of methoxy groups -OCH3 is 1. The van der Waals surface area contributed by atoms with E-state index < -0.39 is 10.0 Å². The maximum Gasteiger partial charge on any atom is 0.248 e. The van der Waals surface area contributed by atoms with Crippen molar-refractivity contribution in [3.8, 4) is 5.75 Å². The molecule has 6 nitrogen and oxygen atoms in total. The van der Waals surface area contributed by atoms with Crippen LogP contribution in [0, 0.1) is 0 Å². The van der Waals surface area contributed by atoms with Gasteiger partial charge in [0.1, 0.15) is 12.3 Å². The molecule has 0 aromatic heterocycles. The molecule has 0 bridgehead atoms. The lowest BCUT2D eigenvalue weighted by Crippen LogP contribution is -2.45. The van der Waals surface area contributed by atoms with Crippen LogP contribution in [0.5, 0.6) is 5.75 Å². The minimum Gasteiger partial charge on any atom is -0.497 e. The van der Waals surface area contributed by atoms with Gasteiger partial charge in [0.05, 0.1) is 19.1 Å². The molecule has 1 unspecified atom stereocenters. The highest BCUT2D eigenvalue weighted by Gasteiger charge is 2.33. The molecule has 2 aromatic carbocycles. The Morgan fingerprint density at radius 1 is 1.19 bits per heavy atom. The van der Waals surface area contributed by atoms with E-state index in [0.29, 0.717) is 11.4 Å². The Labute approximate surface area is 154 Å². The molecule has 2 aromatic rings. The molecule has 0 aliphatic carbocycles. The lowest BCUT2D eigenvalue weighted by Gasteiger charge is -2.28. The van der Waals surface area contributed by atoms with Gasteiger partial charge in [-0.15, -0.1) is 0 Å². The summed E-state index contributed by atoms with van der Waals surface area (Å²) in [5, 5.41) is 0. The summed E-state index contributed by atoms with van der Waals surface area (Å²) in [5.74, 6) is 0.374. The standard InChI is InChI=1S/C19H22N2O4S/c1-14-12-15-6-4-5-7-18(15)21(14)19(22)13-20(26(3,23)24)16-8-10-17(25-2)11-9-16/h4-11,14H,12-13H2,1-3H3. The second-order valence-corrected chi connectivity index (χ2v) is 8.32. The minimum atomic E-state index is -3.61. The van der Waals surface area contributed by atoms with Crippen LogP contribution in [0.25, 0.3) is 0 Å². The molecule has 0 spiro atoms. The van der Waals surface area contributed by atoms with E-state index in [1.807, 2.05) is 31.2 Å². The normalized spacial score (nSPS) is 16.3. The van der Waals surface area contributed by atoms with Gasteiger partial charge >= 0.3 is 0 Å². The fourth-order valence-corrected chi connectivity index (χ4v) is 4.14. The number of para-hydroxylation sites is 1. The average Bonchev–Trinajstić information content (AvgIpc) is 2.94. The first-order chi connectivity index (χ1) is 12.3. The summed E-state index contributed by atoms with van der Waals surface area (Å²) in [7, 11) is -2.07. The minimum absolute atomic E-state index is 0.00261. The van der Waals surface area contributed by atoms with E-state index in [0.717, 1.165) is 28.2 Å². The largest absolute Gasteiger partial charge is 0.497 e. The van der Waals surface area contributed by atoms with E-state index in [9.17, 15) is 13.2 Å². The van der Waals surface area contributed by atoms with Crippen molar-refractivity contribution in [2.24, 2.45) is 0 Å². The molecule has 0 saturated carbocycles. The monoisotopic (exact) mass is 374 g/mol. The van der Waals surface area contributed by atoms with Crippen molar-refractivity contribution < 1.29 is 17.9 Å². The predicted octanol–water partition coefficient (Wildman–Crippen LogP) is 2.44. The van der Waals surface area contributed by atoms with Gasteiger partial charge in [0.2, 0.25) is 15.9 Å². The highest BCUT2D eigenvalue weighted by atomic mass is 32.2. The van der Waals surface area contributed by atoms with Crippen LogP contribution in [0.3, 0.4) is 0 Å². The number of hydrogen-bond acceptors (Lipinski definition) is 4. The maximum atomic E-state index is 13.0. The van der Waals surface area contributed by atoms with Gasteiger partial charge in [0.25, 0.3) is 0 Å². The van der Waals surface area contributed by atoms with E-state index >= 15 is 0 Å². The van der Waals surface area contributed by atoms with Crippen LogP contribution >= 0.6 is 0 Å². The number of benzene rings is 2. The van der Waals surface area contributed by atoms with Crippen molar-refractivity contribution in [2.45, 2.75) is 19.4 Å². The quantitative estimate of drug-likeness (QED) is 0.806. The number of carbonyl (C=O) groups is 1. The summed E-state index contributed by atoms with van der Waals surface area (Å²) in [6.45, 7) is 1.72. The first kappa shape index (κ1) is 18.3. The van der Waals surface area contributed by atoms with Gasteiger partial charge in [-0.25, -0.2) is 8.42 Å². The lowest BCUT2D eigenvalue weighted by atomic mass is 10.1. The summed E-state index contributed by atoms with van der Waals surface area (Å²) < 4.78 is 30.8. The molecule has 0 radical (unpaired) electrons. The SMILES string of the molecule is COc1ccc(N(CC(=O)N2c3ccccc3CC2C)S(C)(=O)=O)cc1. The molecule has 0 N–H and O–H groups in total. The molecule has 0 fully saturated rings. The van der Waals surface area contributed by atoms with Crippen LogP contribution in [-0.4, -0.2) is 40.3 Å².